The minimum atomic E-state index is -4.70. The number of morpholine rings is 1. The molecule has 2 heterocycles. The molecule has 1 aliphatic heterocycles. The van der Waals surface area contributed by atoms with E-state index < -0.39 is 17.6 Å². The number of phenolic OH excluding ortho intramolecular Hbond substituents is 1. The van der Waals surface area contributed by atoms with Gasteiger partial charge in [-0.1, -0.05) is 18.7 Å². The molecule has 35 heavy (non-hydrogen) atoms. The second-order valence-electron chi connectivity index (χ2n) is 7.66. The first-order valence-electron chi connectivity index (χ1n) is 10.7. The van der Waals surface area contributed by atoms with Crippen molar-refractivity contribution in [3.8, 4) is 17.0 Å². The topological polar surface area (TPSA) is 99.6 Å². The van der Waals surface area contributed by atoms with Crippen molar-refractivity contribution in [3.05, 3.63) is 66.9 Å². The van der Waals surface area contributed by atoms with Crippen LogP contribution in [0, 0.1) is 0 Å². The number of amides is 1. The molecule has 0 radical (unpaired) electrons. The van der Waals surface area contributed by atoms with Gasteiger partial charge in [0.2, 0.25) is 11.9 Å². The summed E-state index contributed by atoms with van der Waals surface area (Å²) >= 11 is 0. The summed E-state index contributed by atoms with van der Waals surface area (Å²) in [6.45, 7) is 5.60. The molecule has 1 saturated heterocycles. The van der Waals surface area contributed by atoms with Crippen LogP contribution in [0.15, 0.2) is 61.3 Å². The van der Waals surface area contributed by atoms with E-state index in [1.54, 1.807) is 18.2 Å². The van der Waals surface area contributed by atoms with Crippen molar-refractivity contribution in [1.82, 2.24) is 9.97 Å². The molecule has 3 aromatic rings. The highest BCUT2D eigenvalue weighted by molar-refractivity contribution is 5.99. The van der Waals surface area contributed by atoms with Crippen LogP contribution in [0.25, 0.3) is 11.3 Å². The zero-order valence-electron chi connectivity index (χ0n) is 18.5. The van der Waals surface area contributed by atoms with Gasteiger partial charge in [-0.2, -0.15) is 13.2 Å². The Bertz CT molecular complexity index is 1240. The third-order valence-electron chi connectivity index (χ3n) is 5.27. The third kappa shape index (κ3) is 5.69. The number of nitrogens with one attached hydrogen (secondary N) is 2. The molecule has 2 aromatic carbocycles. The Morgan fingerprint density at radius 1 is 1.14 bits per heavy atom. The number of anilines is 4. The molecule has 0 aliphatic carbocycles. The molecule has 0 saturated carbocycles. The highest BCUT2D eigenvalue weighted by atomic mass is 19.4. The summed E-state index contributed by atoms with van der Waals surface area (Å²) in [5.74, 6) is -0.483. The largest absolute Gasteiger partial charge is 0.506 e. The smallest absolute Gasteiger partial charge is 0.419 e. The first kappa shape index (κ1) is 24.0. The van der Waals surface area contributed by atoms with Gasteiger partial charge in [0.25, 0.3) is 0 Å². The van der Waals surface area contributed by atoms with Crippen LogP contribution in [0.5, 0.6) is 5.75 Å². The van der Waals surface area contributed by atoms with E-state index >= 15 is 0 Å². The number of aromatic hydroxyl groups is 1. The molecule has 1 fully saturated rings. The van der Waals surface area contributed by atoms with Gasteiger partial charge >= 0.3 is 6.18 Å². The summed E-state index contributed by atoms with van der Waals surface area (Å²) in [5, 5.41) is 15.7. The van der Waals surface area contributed by atoms with E-state index in [0.29, 0.717) is 49.6 Å². The van der Waals surface area contributed by atoms with Crippen molar-refractivity contribution in [2.45, 2.75) is 6.18 Å². The maximum Gasteiger partial charge on any atom is 0.419 e. The van der Waals surface area contributed by atoms with E-state index in [0.717, 1.165) is 6.08 Å². The SMILES string of the molecule is C=CC(=O)Nc1cccc(-c2nc(Nc3ccc(O)c(N4CCOCC4)c3)ncc2C(F)(F)F)c1. The summed E-state index contributed by atoms with van der Waals surface area (Å²) in [6, 6.07) is 10.6. The van der Waals surface area contributed by atoms with E-state index in [-0.39, 0.29) is 23.0 Å². The molecular weight excluding hydrogens is 463 g/mol. The minimum Gasteiger partial charge on any atom is -0.506 e. The van der Waals surface area contributed by atoms with Gasteiger partial charge in [-0.05, 0) is 36.4 Å². The van der Waals surface area contributed by atoms with Gasteiger partial charge in [0.15, 0.2) is 0 Å². The Hall–Kier alpha value is -4.12. The second kappa shape index (κ2) is 10.0. The maximum absolute atomic E-state index is 13.7. The standard InChI is InChI=1S/C24H22F3N5O3/c1-2-21(34)29-16-5-3-4-15(12-16)22-18(24(25,26)27)14-28-23(31-22)30-17-6-7-20(33)19(13-17)32-8-10-35-11-9-32/h2-7,12-14,33H,1,8-11H2,(H,29,34)(H,28,30,31). The lowest BCUT2D eigenvalue weighted by molar-refractivity contribution is -0.137. The van der Waals surface area contributed by atoms with Crippen LogP contribution in [0.4, 0.5) is 36.2 Å². The molecule has 1 aromatic heterocycles. The van der Waals surface area contributed by atoms with Crippen molar-refractivity contribution in [2.24, 2.45) is 0 Å². The molecular formula is C24H22F3N5O3. The maximum atomic E-state index is 13.7. The van der Waals surface area contributed by atoms with Gasteiger partial charge in [-0.3, -0.25) is 4.79 Å². The number of carbonyl (C=O) groups excluding carboxylic acids is 1. The lowest BCUT2D eigenvalue weighted by atomic mass is 10.1. The summed E-state index contributed by atoms with van der Waals surface area (Å²) < 4.78 is 46.5. The predicted octanol–water partition coefficient (Wildman–Crippen LogP) is 4.57. The average Bonchev–Trinajstić information content (AvgIpc) is 2.85. The molecule has 0 unspecified atom stereocenters. The van der Waals surface area contributed by atoms with E-state index in [2.05, 4.69) is 27.2 Å². The van der Waals surface area contributed by atoms with E-state index in [1.165, 1.54) is 24.3 Å². The zero-order chi connectivity index (χ0) is 25.0. The highest BCUT2D eigenvalue weighted by Crippen LogP contribution is 2.37. The number of hydrogen-bond acceptors (Lipinski definition) is 7. The molecule has 0 bridgehead atoms. The van der Waals surface area contributed by atoms with E-state index in [9.17, 15) is 23.1 Å². The van der Waals surface area contributed by atoms with Crippen LogP contribution in [0.1, 0.15) is 5.56 Å². The molecule has 182 valence electrons. The van der Waals surface area contributed by atoms with Crippen molar-refractivity contribution in [1.29, 1.82) is 0 Å². The third-order valence-corrected chi connectivity index (χ3v) is 5.27. The molecule has 11 heteroatoms. The van der Waals surface area contributed by atoms with Crippen LogP contribution in [0.2, 0.25) is 0 Å². The number of benzene rings is 2. The van der Waals surface area contributed by atoms with Gasteiger partial charge in [-0.15, -0.1) is 0 Å². The highest BCUT2D eigenvalue weighted by Gasteiger charge is 2.35. The normalized spacial score (nSPS) is 13.9. The number of hydrogen-bond donors (Lipinski definition) is 3. The summed E-state index contributed by atoms with van der Waals surface area (Å²) in [6.07, 6.45) is -2.93. The predicted molar refractivity (Wildman–Crippen MR) is 126 cm³/mol. The number of alkyl halides is 3. The average molecular weight is 485 g/mol. The molecule has 0 spiro atoms. The fourth-order valence-electron chi connectivity index (χ4n) is 3.59. The second-order valence-corrected chi connectivity index (χ2v) is 7.66. The number of carbonyl (C=O) groups is 1. The number of aromatic nitrogens is 2. The van der Waals surface area contributed by atoms with Crippen LogP contribution in [0.3, 0.4) is 0 Å². The first-order chi connectivity index (χ1) is 16.7. The molecule has 3 N–H and O–H groups in total. The molecule has 1 amide bonds. The Morgan fingerprint density at radius 2 is 1.91 bits per heavy atom. The number of rotatable bonds is 6. The monoisotopic (exact) mass is 485 g/mol. The molecule has 1 aliphatic rings. The lowest BCUT2D eigenvalue weighted by Crippen LogP contribution is -2.36. The van der Waals surface area contributed by atoms with E-state index in [1.807, 2.05) is 4.90 Å². The van der Waals surface area contributed by atoms with Gasteiger partial charge < -0.3 is 25.4 Å². The fourth-order valence-corrected chi connectivity index (χ4v) is 3.59. The molecule has 0 atom stereocenters. The Morgan fingerprint density at radius 3 is 2.63 bits per heavy atom. The van der Waals surface area contributed by atoms with Gasteiger partial charge in [0, 0.05) is 36.2 Å². The number of phenols is 1. The Labute approximate surface area is 199 Å². The van der Waals surface area contributed by atoms with Crippen LogP contribution in [-0.4, -0.2) is 47.3 Å². The molecule has 4 rings (SSSR count). The number of nitrogens with zero attached hydrogens (tertiary/aromatic N) is 3. The summed E-state index contributed by atoms with van der Waals surface area (Å²) in [7, 11) is 0. The lowest BCUT2D eigenvalue weighted by Gasteiger charge is -2.29. The van der Waals surface area contributed by atoms with Gasteiger partial charge in [0.05, 0.1) is 24.6 Å². The fraction of sp³-hybridized carbons (Fsp3) is 0.208. The first-order valence-corrected chi connectivity index (χ1v) is 10.7. The van der Waals surface area contributed by atoms with Gasteiger partial charge in [-0.25, -0.2) is 9.97 Å². The summed E-state index contributed by atoms with van der Waals surface area (Å²) in [5.41, 5.74) is 0.122. The minimum absolute atomic E-state index is 0.0628. The number of ether oxygens (including phenoxy) is 1. The Kier molecular flexibility index (Phi) is 6.87. The van der Waals surface area contributed by atoms with Crippen LogP contribution >= 0.6 is 0 Å². The molecule has 8 nitrogen and oxygen atoms in total. The van der Waals surface area contributed by atoms with Crippen LogP contribution < -0.4 is 15.5 Å². The van der Waals surface area contributed by atoms with Crippen molar-refractivity contribution < 1.29 is 27.8 Å². The quantitative estimate of drug-likeness (QED) is 0.347. The van der Waals surface area contributed by atoms with Crippen LogP contribution in [-0.2, 0) is 15.7 Å². The van der Waals surface area contributed by atoms with Crippen molar-refractivity contribution >= 4 is 28.9 Å². The Balaban J connectivity index is 1.68. The van der Waals surface area contributed by atoms with Crippen molar-refractivity contribution in [2.75, 3.05) is 41.8 Å². The zero-order valence-corrected chi connectivity index (χ0v) is 18.5. The summed E-state index contributed by atoms with van der Waals surface area (Å²) in [4.78, 5) is 21.5. The number of halogens is 3. The van der Waals surface area contributed by atoms with Gasteiger partial charge in [0.1, 0.15) is 11.3 Å². The van der Waals surface area contributed by atoms with E-state index in [4.69, 9.17) is 4.74 Å². The van der Waals surface area contributed by atoms with Crippen molar-refractivity contribution in [3.63, 3.8) is 0 Å².